The summed E-state index contributed by atoms with van der Waals surface area (Å²) in [6.07, 6.45) is 8.06. The molecule has 298 valence electrons. The van der Waals surface area contributed by atoms with E-state index in [2.05, 4.69) is 21.4 Å². The number of nitrogens with two attached hydrogens (primary N) is 1. The number of carbonyl (C=O) groups excluding carboxylic acids is 3. The zero-order valence-electron chi connectivity index (χ0n) is 33.3. The zero-order chi connectivity index (χ0) is 38.9. The first-order chi connectivity index (χ1) is 25.5. The number of nitrogens with one attached hydrogen (secondary N) is 1. The normalized spacial score (nSPS) is 23.2. The van der Waals surface area contributed by atoms with E-state index in [0.717, 1.165) is 44.3 Å². The number of aromatic amines is 1. The van der Waals surface area contributed by atoms with Crippen molar-refractivity contribution in [3.63, 3.8) is 0 Å². The smallest absolute Gasteiger partial charge is 0.410 e. The number of piperazine rings is 1. The third-order valence-corrected chi connectivity index (χ3v) is 11.0. The van der Waals surface area contributed by atoms with Crippen LogP contribution < -0.4 is 20.5 Å². The molecule has 2 spiro atoms. The van der Waals surface area contributed by atoms with Crippen molar-refractivity contribution < 1.29 is 38.3 Å². The molecular weight excluding hydrogens is 690 g/mol. The molecule has 0 unspecified atom stereocenters. The second-order valence-corrected chi connectivity index (χ2v) is 17.5. The highest BCUT2D eigenvalue weighted by atomic mass is 16.7. The van der Waals surface area contributed by atoms with Gasteiger partial charge in [-0.25, -0.2) is 14.6 Å². The Morgan fingerprint density at radius 3 is 2.28 bits per heavy atom. The van der Waals surface area contributed by atoms with Crippen LogP contribution >= 0.6 is 0 Å². The van der Waals surface area contributed by atoms with Gasteiger partial charge in [-0.3, -0.25) is 14.6 Å². The Balaban J connectivity index is 1.34. The summed E-state index contributed by atoms with van der Waals surface area (Å²) in [5.74, 6) is -0.00559. The second kappa shape index (κ2) is 15.7. The number of ketones is 1. The first-order valence-electron chi connectivity index (χ1n) is 19.9. The summed E-state index contributed by atoms with van der Waals surface area (Å²) < 4.78 is 23.9. The number of hydrogen-bond acceptors (Lipinski definition) is 11. The molecule has 0 bridgehead atoms. The summed E-state index contributed by atoms with van der Waals surface area (Å²) >= 11 is 0. The molecule has 3 aliphatic heterocycles. The van der Waals surface area contributed by atoms with Crippen LogP contribution in [0, 0.1) is 5.92 Å². The summed E-state index contributed by atoms with van der Waals surface area (Å²) in [4.78, 5) is 57.7. The number of hydrogen-bond donors (Lipinski definition) is 1. The van der Waals surface area contributed by atoms with Crippen molar-refractivity contribution in [3.05, 3.63) is 35.7 Å². The van der Waals surface area contributed by atoms with E-state index in [1.54, 1.807) is 11.0 Å². The maximum absolute atomic E-state index is 14.9. The number of carbonyl (C=O) groups is 3. The van der Waals surface area contributed by atoms with Crippen LogP contribution in [0.15, 0.2) is 30.0 Å². The van der Waals surface area contributed by atoms with E-state index in [1.807, 2.05) is 52.5 Å². The Kier molecular flexibility index (Phi) is 11.5. The van der Waals surface area contributed by atoms with Crippen LogP contribution in [-0.4, -0.2) is 114 Å². The lowest BCUT2D eigenvalue weighted by atomic mass is 9.78. The molecule has 1 atom stereocenters. The molecule has 6 rings (SSSR count). The number of rotatable bonds is 8. The minimum Gasteiger partial charge on any atom is -0.444 e. The summed E-state index contributed by atoms with van der Waals surface area (Å²) in [5.41, 5.74) is 6.81. The summed E-state index contributed by atoms with van der Waals surface area (Å²) in [5, 5.41) is 0. The summed E-state index contributed by atoms with van der Waals surface area (Å²) in [6, 6.07) is 1.83. The van der Waals surface area contributed by atoms with E-state index in [9.17, 15) is 14.4 Å². The predicted molar refractivity (Wildman–Crippen MR) is 204 cm³/mol. The van der Waals surface area contributed by atoms with E-state index < -0.39 is 17.0 Å². The summed E-state index contributed by atoms with van der Waals surface area (Å²) in [7, 11) is 0. The number of nitrogens with zero attached hydrogens (tertiary/aromatic N) is 5. The molecule has 4 heterocycles. The molecule has 14 heteroatoms. The van der Waals surface area contributed by atoms with Gasteiger partial charge in [0.25, 0.3) is 0 Å². The largest absolute Gasteiger partial charge is 0.444 e. The van der Waals surface area contributed by atoms with Crippen molar-refractivity contribution in [1.82, 2.24) is 14.8 Å². The van der Waals surface area contributed by atoms with E-state index in [4.69, 9.17) is 29.7 Å². The number of Topliss-reactive ketones (excluding diaryl/α,β-unsaturated/α-hetero) is 1. The van der Waals surface area contributed by atoms with Crippen molar-refractivity contribution in [2.24, 2.45) is 11.7 Å². The lowest BCUT2D eigenvalue weighted by Gasteiger charge is -2.41. The second-order valence-electron chi connectivity index (χ2n) is 17.5. The molecule has 54 heavy (non-hydrogen) atoms. The van der Waals surface area contributed by atoms with E-state index in [1.165, 1.54) is 0 Å². The van der Waals surface area contributed by atoms with Crippen LogP contribution in [0.3, 0.4) is 0 Å². The SMILES string of the molecule is C=CCC/C(C(=O)c1cc(N2CCN(C(=O)OC(C)(C)C)C3(CC3)C2)[nH+]c(N2CCCN(C(=O)OC(C)(C)C)CC2)n1)=C(/N)[C@H]1CCCCC12OCCO2. The van der Waals surface area contributed by atoms with Crippen molar-refractivity contribution in [1.29, 1.82) is 0 Å². The molecule has 5 fully saturated rings. The maximum atomic E-state index is 14.9. The molecule has 1 aromatic rings. The number of allylic oxidation sites excluding steroid dienone is 2. The van der Waals surface area contributed by atoms with Gasteiger partial charge in [-0.15, -0.1) is 11.6 Å². The van der Waals surface area contributed by atoms with Crippen LogP contribution in [0.2, 0.25) is 0 Å². The van der Waals surface area contributed by atoms with Crippen molar-refractivity contribution >= 4 is 29.7 Å². The Morgan fingerprint density at radius 2 is 1.61 bits per heavy atom. The van der Waals surface area contributed by atoms with Gasteiger partial charge < -0.3 is 34.5 Å². The first-order valence-corrected chi connectivity index (χ1v) is 19.9. The van der Waals surface area contributed by atoms with Crippen molar-refractivity contribution in [3.8, 4) is 0 Å². The molecule has 2 saturated carbocycles. The fourth-order valence-electron chi connectivity index (χ4n) is 8.21. The highest BCUT2D eigenvalue weighted by molar-refractivity contribution is 6.08. The predicted octanol–water partition coefficient (Wildman–Crippen LogP) is 5.23. The molecular formula is C40H62N7O7+. The molecule has 2 amide bonds. The molecule has 14 nitrogen and oxygen atoms in total. The highest BCUT2D eigenvalue weighted by Crippen LogP contribution is 2.46. The molecule has 0 aromatic carbocycles. The molecule has 5 aliphatic rings. The molecule has 3 N–H and O–H groups in total. The van der Waals surface area contributed by atoms with Gasteiger partial charge in [0.2, 0.25) is 5.78 Å². The maximum Gasteiger partial charge on any atom is 0.410 e. The number of H-pyrrole nitrogens is 1. The van der Waals surface area contributed by atoms with E-state index in [0.29, 0.717) is 95.5 Å². The van der Waals surface area contributed by atoms with Crippen LogP contribution in [0.1, 0.15) is 110 Å². The van der Waals surface area contributed by atoms with Gasteiger partial charge in [0.1, 0.15) is 11.2 Å². The van der Waals surface area contributed by atoms with E-state index >= 15 is 0 Å². The summed E-state index contributed by atoms with van der Waals surface area (Å²) in [6.45, 7) is 19.9. The monoisotopic (exact) mass is 752 g/mol. The van der Waals surface area contributed by atoms with Gasteiger partial charge in [0.05, 0.1) is 63.9 Å². The molecule has 2 aliphatic carbocycles. The fraction of sp³-hybridized carbons (Fsp3) is 0.725. The van der Waals surface area contributed by atoms with E-state index in [-0.39, 0.29) is 35.1 Å². The number of ether oxygens (including phenoxy) is 4. The lowest BCUT2D eigenvalue weighted by Crippen LogP contribution is -2.58. The van der Waals surface area contributed by atoms with Gasteiger partial charge in [-0.2, -0.15) is 0 Å². The Morgan fingerprint density at radius 1 is 0.926 bits per heavy atom. The average molecular weight is 753 g/mol. The minimum atomic E-state index is -0.811. The zero-order valence-corrected chi connectivity index (χ0v) is 33.3. The average Bonchev–Trinajstić information content (AvgIpc) is 3.79. The van der Waals surface area contributed by atoms with Gasteiger partial charge in [0.15, 0.2) is 17.3 Å². The first kappa shape index (κ1) is 39.8. The van der Waals surface area contributed by atoms with Crippen LogP contribution in [-0.2, 0) is 18.9 Å². The quantitative estimate of drug-likeness (QED) is 0.211. The Labute approximate surface area is 320 Å². The molecule has 1 aromatic heterocycles. The molecule has 0 radical (unpaired) electrons. The standard InChI is InChI=1S/C40H61N7O7/c1-8-9-13-28(32(41)29-14-10-11-15-40(29)51-24-25-52-40)33(48)30-26-31(46-22-23-47(39(27-46)16-17-39)36(50)54-38(5,6)7)43-34(42-30)44-18-12-19-45(21-20-44)35(49)53-37(2,3)4/h8,26,29H,1,9-25,27,41H2,2-7H3/p+1/b32-28-/t29-/m1/s1. The van der Waals surface area contributed by atoms with Gasteiger partial charge >= 0.3 is 18.1 Å². The fourth-order valence-corrected chi connectivity index (χ4v) is 8.21. The Bertz CT molecular complexity index is 1610. The van der Waals surface area contributed by atoms with Crippen LogP contribution in [0.4, 0.5) is 21.4 Å². The van der Waals surface area contributed by atoms with Crippen LogP contribution in [0.25, 0.3) is 0 Å². The number of amides is 2. The van der Waals surface area contributed by atoms with Gasteiger partial charge in [0, 0.05) is 30.3 Å². The highest BCUT2D eigenvalue weighted by Gasteiger charge is 2.56. The minimum absolute atomic E-state index is 0.233. The van der Waals surface area contributed by atoms with Crippen molar-refractivity contribution in [2.45, 2.75) is 122 Å². The number of anilines is 2. The lowest BCUT2D eigenvalue weighted by molar-refractivity contribution is -0.355. The van der Waals surface area contributed by atoms with Gasteiger partial charge in [-0.1, -0.05) is 12.5 Å². The number of aromatic nitrogens is 2. The molecule has 3 saturated heterocycles. The van der Waals surface area contributed by atoms with Crippen LogP contribution in [0.5, 0.6) is 0 Å². The Hall–Kier alpha value is -3.91. The topological polar surface area (TPSA) is 154 Å². The van der Waals surface area contributed by atoms with Crippen molar-refractivity contribution in [2.75, 3.05) is 68.8 Å². The van der Waals surface area contributed by atoms with Gasteiger partial charge in [-0.05, 0) is 86.5 Å². The third kappa shape index (κ3) is 8.96. The third-order valence-electron chi connectivity index (χ3n) is 11.0.